The first-order valence-electron chi connectivity index (χ1n) is 8.69. The fourth-order valence-corrected chi connectivity index (χ4v) is 4.00. The highest BCUT2D eigenvalue weighted by Gasteiger charge is 2.27. The quantitative estimate of drug-likeness (QED) is 0.214. The number of hydrogen-bond donors (Lipinski definition) is 2. The highest BCUT2D eigenvalue weighted by Crippen LogP contribution is 2.28. The standard InChI is InChI=1S/C15H30N4O3S.HI/c1-2-16-15(17-7-3-11-22-13-14-5-6-14)18-8-10-19-9-4-12-23(19,20)21;/h14H,2-13H2,1H3,(H2,16,17,18);1H. The summed E-state index contributed by atoms with van der Waals surface area (Å²) in [7, 11) is -3.01. The van der Waals surface area contributed by atoms with E-state index < -0.39 is 10.0 Å². The van der Waals surface area contributed by atoms with E-state index in [0.29, 0.717) is 26.2 Å². The van der Waals surface area contributed by atoms with Gasteiger partial charge in [-0.1, -0.05) is 0 Å². The lowest BCUT2D eigenvalue weighted by Crippen LogP contribution is -2.42. The van der Waals surface area contributed by atoms with Gasteiger partial charge < -0.3 is 15.4 Å². The molecule has 1 saturated carbocycles. The molecule has 1 saturated heterocycles. The van der Waals surface area contributed by atoms with Crippen LogP contribution in [0.5, 0.6) is 0 Å². The number of ether oxygens (including phenoxy) is 1. The van der Waals surface area contributed by atoms with Crippen molar-refractivity contribution in [1.82, 2.24) is 14.9 Å². The van der Waals surface area contributed by atoms with Crippen molar-refractivity contribution >= 4 is 40.0 Å². The van der Waals surface area contributed by atoms with Gasteiger partial charge in [-0.2, -0.15) is 0 Å². The van der Waals surface area contributed by atoms with Gasteiger partial charge in [0.05, 0.1) is 5.75 Å². The molecule has 0 aromatic heterocycles. The summed E-state index contributed by atoms with van der Waals surface area (Å²) in [5.74, 6) is 1.83. The number of sulfonamides is 1. The minimum absolute atomic E-state index is 0. The Morgan fingerprint density at radius 2 is 2.12 bits per heavy atom. The number of nitrogens with zero attached hydrogens (tertiary/aromatic N) is 2. The molecule has 0 atom stereocenters. The first-order chi connectivity index (χ1) is 11.1. The van der Waals surface area contributed by atoms with Crippen molar-refractivity contribution < 1.29 is 13.2 Å². The number of nitrogens with one attached hydrogen (secondary N) is 2. The second-order valence-electron chi connectivity index (χ2n) is 6.13. The van der Waals surface area contributed by atoms with E-state index in [9.17, 15) is 8.42 Å². The third-order valence-electron chi connectivity index (χ3n) is 3.97. The van der Waals surface area contributed by atoms with Gasteiger partial charge in [-0.3, -0.25) is 4.99 Å². The zero-order valence-electron chi connectivity index (χ0n) is 14.5. The maximum atomic E-state index is 11.7. The van der Waals surface area contributed by atoms with E-state index in [1.807, 2.05) is 6.92 Å². The number of aliphatic imine (C=N–C) groups is 1. The van der Waals surface area contributed by atoms with Gasteiger partial charge >= 0.3 is 0 Å². The Hall–Kier alpha value is -0.130. The third-order valence-corrected chi connectivity index (χ3v) is 5.92. The Morgan fingerprint density at radius 3 is 2.75 bits per heavy atom. The summed E-state index contributed by atoms with van der Waals surface area (Å²) in [5, 5.41) is 6.37. The van der Waals surface area contributed by atoms with Gasteiger partial charge in [0, 0.05) is 45.9 Å². The van der Waals surface area contributed by atoms with E-state index in [1.165, 1.54) is 12.8 Å². The number of hydrogen-bond acceptors (Lipinski definition) is 4. The summed E-state index contributed by atoms with van der Waals surface area (Å²) in [6.07, 6.45) is 4.28. The fraction of sp³-hybridized carbons (Fsp3) is 0.933. The molecule has 0 aromatic carbocycles. The van der Waals surface area contributed by atoms with Crippen LogP contribution in [0.2, 0.25) is 0 Å². The lowest BCUT2D eigenvalue weighted by atomic mass is 10.4. The first kappa shape index (κ1) is 21.9. The summed E-state index contributed by atoms with van der Waals surface area (Å²) >= 11 is 0. The molecule has 142 valence electrons. The SMILES string of the molecule is CCNC(=NCCCOCC1CC1)NCCN1CCCS1(=O)=O.I. The highest BCUT2D eigenvalue weighted by molar-refractivity contribution is 14.0. The van der Waals surface area contributed by atoms with Gasteiger partial charge in [0.25, 0.3) is 0 Å². The van der Waals surface area contributed by atoms with Crippen LogP contribution < -0.4 is 10.6 Å². The molecule has 2 aliphatic rings. The Balaban J connectivity index is 0.00000288. The molecule has 0 bridgehead atoms. The van der Waals surface area contributed by atoms with Crippen LogP contribution in [0.3, 0.4) is 0 Å². The Kier molecular flexibility index (Phi) is 10.5. The van der Waals surface area contributed by atoms with Gasteiger partial charge in [-0.25, -0.2) is 12.7 Å². The second kappa shape index (κ2) is 11.5. The predicted octanol–water partition coefficient (Wildman–Crippen LogP) is 1.01. The lowest BCUT2D eigenvalue weighted by molar-refractivity contribution is 0.123. The fourth-order valence-electron chi connectivity index (χ4n) is 2.48. The van der Waals surface area contributed by atoms with Crippen LogP contribution in [0.1, 0.15) is 32.6 Å². The van der Waals surface area contributed by atoms with E-state index in [1.54, 1.807) is 4.31 Å². The largest absolute Gasteiger partial charge is 0.381 e. The molecule has 0 aromatic rings. The summed E-state index contributed by atoms with van der Waals surface area (Å²) in [5.41, 5.74) is 0. The van der Waals surface area contributed by atoms with Crippen LogP contribution in [-0.4, -0.2) is 70.4 Å². The molecule has 0 spiro atoms. The van der Waals surface area contributed by atoms with Gasteiger partial charge in [0.1, 0.15) is 0 Å². The lowest BCUT2D eigenvalue weighted by Gasteiger charge is -2.16. The molecule has 7 nitrogen and oxygen atoms in total. The van der Waals surface area contributed by atoms with Gasteiger partial charge in [0.2, 0.25) is 10.0 Å². The summed E-state index contributed by atoms with van der Waals surface area (Å²) in [4.78, 5) is 4.49. The Labute approximate surface area is 163 Å². The Bertz CT molecular complexity index is 483. The molecular formula is C15H31IN4O3S. The highest BCUT2D eigenvalue weighted by atomic mass is 127. The van der Waals surface area contributed by atoms with E-state index >= 15 is 0 Å². The number of rotatable bonds is 10. The van der Waals surface area contributed by atoms with Gasteiger partial charge in [-0.15, -0.1) is 24.0 Å². The van der Waals surface area contributed by atoms with Gasteiger partial charge in [0.15, 0.2) is 5.96 Å². The maximum absolute atomic E-state index is 11.7. The molecule has 24 heavy (non-hydrogen) atoms. The van der Waals surface area contributed by atoms with E-state index in [0.717, 1.165) is 44.5 Å². The van der Waals surface area contributed by atoms with E-state index in [-0.39, 0.29) is 29.7 Å². The second-order valence-corrected chi connectivity index (χ2v) is 8.22. The van der Waals surface area contributed by atoms with Crippen LogP contribution in [-0.2, 0) is 14.8 Å². The molecular weight excluding hydrogens is 443 g/mol. The van der Waals surface area contributed by atoms with Crippen molar-refractivity contribution in [1.29, 1.82) is 0 Å². The minimum atomic E-state index is -3.01. The Morgan fingerprint density at radius 1 is 1.33 bits per heavy atom. The molecule has 2 rings (SSSR count). The molecule has 1 heterocycles. The van der Waals surface area contributed by atoms with Crippen LogP contribution in [0.25, 0.3) is 0 Å². The van der Waals surface area contributed by atoms with Crippen LogP contribution in [0.4, 0.5) is 0 Å². The van der Waals surface area contributed by atoms with Crippen LogP contribution in [0.15, 0.2) is 4.99 Å². The van der Waals surface area contributed by atoms with Crippen molar-refractivity contribution in [2.24, 2.45) is 10.9 Å². The summed E-state index contributed by atoms with van der Waals surface area (Å²) < 4.78 is 30.6. The van der Waals surface area contributed by atoms with Crippen molar-refractivity contribution in [3.05, 3.63) is 0 Å². The summed E-state index contributed by atoms with van der Waals surface area (Å²) in [6, 6.07) is 0. The molecule has 9 heteroatoms. The molecule has 0 amide bonds. The average Bonchev–Trinajstić information content (AvgIpc) is 3.27. The number of guanidine groups is 1. The molecule has 0 unspecified atom stereocenters. The summed E-state index contributed by atoms with van der Waals surface area (Å²) in [6.45, 7) is 6.86. The zero-order chi connectivity index (χ0) is 16.5. The number of halogens is 1. The van der Waals surface area contributed by atoms with Crippen molar-refractivity contribution in [2.45, 2.75) is 32.6 Å². The molecule has 0 radical (unpaired) electrons. The molecule has 1 aliphatic heterocycles. The van der Waals surface area contributed by atoms with Crippen molar-refractivity contribution in [3.63, 3.8) is 0 Å². The molecule has 2 fully saturated rings. The normalized spacial score (nSPS) is 20.6. The molecule has 2 N–H and O–H groups in total. The van der Waals surface area contributed by atoms with E-state index in [2.05, 4.69) is 15.6 Å². The van der Waals surface area contributed by atoms with Crippen molar-refractivity contribution in [2.75, 3.05) is 51.7 Å². The topological polar surface area (TPSA) is 83.0 Å². The first-order valence-corrected chi connectivity index (χ1v) is 10.3. The van der Waals surface area contributed by atoms with Crippen molar-refractivity contribution in [3.8, 4) is 0 Å². The third kappa shape index (κ3) is 8.30. The van der Waals surface area contributed by atoms with Gasteiger partial charge in [-0.05, 0) is 38.5 Å². The van der Waals surface area contributed by atoms with Crippen LogP contribution in [0, 0.1) is 5.92 Å². The monoisotopic (exact) mass is 474 g/mol. The smallest absolute Gasteiger partial charge is 0.214 e. The zero-order valence-corrected chi connectivity index (χ0v) is 17.6. The van der Waals surface area contributed by atoms with E-state index in [4.69, 9.17) is 4.74 Å². The minimum Gasteiger partial charge on any atom is -0.381 e. The van der Waals surface area contributed by atoms with Crippen LogP contribution >= 0.6 is 24.0 Å². The predicted molar refractivity (Wildman–Crippen MR) is 108 cm³/mol. The maximum Gasteiger partial charge on any atom is 0.214 e. The molecule has 1 aliphatic carbocycles. The average molecular weight is 474 g/mol.